The van der Waals surface area contributed by atoms with Gasteiger partial charge in [-0.1, -0.05) is 20.8 Å². The number of amidine groups is 1. The summed E-state index contributed by atoms with van der Waals surface area (Å²) < 4.78 is 32.1. The van der Waals surface area contributed by atoms with Gasteiger partial charge in [-0.05, 0) is 43.0 Å². The third-order valence-corrected chi connectivity index (χ3v) is 5.89. The smallest absolute Gasteiger partial charge is 0.309 e. The molecule has 9 nitrogen and oxygen atoms in total. The molecule has 11 heteroatoms. The number of halogens is 2. The number of ether oxygens (including phenoxy) is 2. The summed E-state index contributed by atoms with van der Waals surface area (Å²) in [5, 5.41) is 19.9. The van der Waals surface area contributed by atoms with Gasteiger partial charge in [-0.2, -0.15) is 10.2 Å². The zero-order valence-electron chi connectivity index (χ0n) is 21.3. The summed E-state index contributed by atoms with van der Waals surface area (Å²) in [7, 11) is 0. The number of oxazole rings is 1. The van der Waals surface area contributed by atoms with Crippen LogP contribution in [0.1, 0.15) is 61.7 Å². The molecule has 2 N–H and O–H groups in total. The maximum absolute atomic E-state index is 15.3. The van der Waals surface area contributed by atoms with Crippen LogP contribution >= 0.6 is 17.0 Å². The average Bonchev–Trinajstić information content (AvgIpc) is 3.35. The maximum atomic E-state index is 15.3. The minimum atomic E-state index is -0.658. The van der Waals surface area contributed by atoms with Gasteiger partial charge in [-0.25, -0.2) is 9.71 Å². The molecule has 0 spiro atoms. The molecule has 0 bridgehead atoms. The van der Waals surface area contributed by atoms with E-state index in [-0.39, 0.29) is 76.8 Å². The minimum absolute atomic E-state index is 0. The van der Waals surface area contributed by atoms with Gasteiger partial charge in [-0.15, -0.1) is 17.0 Å². The van der Waals surface area contributed by atoms with Crippen molar-refractivity contribution in [3.05, 3.63) is 46.3 Å². The van der Waals surface area contributed by atoms with Gasteiger partial charge < -0.3 is 18.8 Å². The van der Waals surface area contributed by atoms with Crippen molar-refractivity contribution >= 4 is 45.7 Å². The first-order valence-corrected chi connectivity index (χ1v) is 11.7. The molecular weight excluding hydrogens is 545 g/mol. The first kappa shape index (κ1) is 27.9. The minimum Gasteiger partial charge on any atom is -0.490 e. The lowest BCUT2D eigenvalue weighted by Crippen LogP contribution is -2.30. The van der Waals surface area contributed by atoms with Crippen molar-refractivity contribution in [1.82, 2.24) is 9.88 Å². The summed E-state index contributed by atoms with van der Waals surface area (Å²) in [6.07, 6.45) is 1.78. The number of aromatic nitrogens is 1. The first-order valence-electron chi connectivity index (χ1n) is 11.7. The van der Waals surface area contributed by atoms with E-state index in [1.54, 1.807) is 38.2 Å². The van der Waals surface area contributed by atoms with E-state index in [1.165, 1.54) is 4.90 Å². The van der Waals surface area contributed by atoms with Crippen LogP contribution in [0.5, 0.6) is 11.5 Å². The maximum Gasteiger partial charge on any atom is 0.309 e. The highest BCUT2D eigenvalue weighted by Gasteiger charge is 2.33. The lowest BCUT2D eigenvalue weighted by Gasteiger charge is -2.21. The van der Waals surface area contributed by atoms with E-state index in [0.717, 1.165) is 5.56 Å². The van der Waals surface area contributed by atoms with E-state index in [4.69, 9.17) is 24.6 Å². The van der Waals surface area contributed by atoms with Crippen molar-refractivity contribution in [1.29, 1.82) is 10.7 Å². The predicted molar refractivity (Wildman–Crippen MR) is 143 cm³/mol. The van der Waals surface area contributed by atoms with Gasteiger partial charge >= 0.3 is 6.01 Å². The number of fused-ring (bicyclic) bond motifs is 2. The van der Waals surface area contributed by atoms with E-state index in [9.17, 15) is 4.79 Å². The van der Waals surface area contributed by atoms with Gasteiger partial charge in [0.25, 0.3) is 0 Å². The van der Waals surface area contributed by atoms with Gasteiger partial charge in [0.2, 0.25) is 0 Å². The van der Waals surface area contributed by atoms with E-state index in [1.807, 2.05) is 20.8 Å². The Balaban J connectivity index is 0.00000380. The number of hydrogen-bond donors (Lipinski definition) is 2. The molecule has 4 rings (SSSR count). The number of carbonyl (C=O) groups excluding carboxylic acids is 1. The van der Waals surface area contributed by atoms with E-state index in [2.05, 4.69) is 10.3 Å². The van der Waals surface area contributed by atoms with Crippen molar-refractivity contribution < 1.29 is 23.1 Å². The van der Waals surface area contributed by atoms with Crippen LogP contribution in [0.15, 0.2) is 22.6 Å². The topological polar surface area (TPSA) is 124 Å². The zero-order chi connectivity index (χ0) is 26.2. The molecule has 2 heterocycles. The molecule has 0 radical (unpaired) electrons. The highest BCUT2D eigenvalue weighted by molar-refractivity contribution is 8.93. The van der Waals surface area contributed by atoms with Gasteiger partial charge in [-0.3, -0.25) is 10.2 Å². The fourth-order valence-corrected chi connectivity index (χ4v) is 4.28. The van der Waals surface area contributed by atoms with Crippen molar-refractivity contribution in [2.45, 2.75) is 46.6 Å². The largest absolute Gasteiger partial charge is 0.490 e. The molecule has 0 atom stereocenters. The van der Waals surface area contributed by atoms with E-state index < -0.39 is 5.82 Å². The highest BCUT2D eigenvalue weighted by atomic mass is 79.9. The number of nitrogens with zero attached hydrogens (tertiary/aromatic N) is 3. The third-order valence-electron chi connectivity index (χ3n) is 5.89. The molecule has 0 saturated heterocycles. The number of ketones is 1. The monoisotopic (exact) mass is 573 g/mol. The molecule has 2 aromatic carbocycles. The van der Waals surface area contributed by atoms with Crippen LogP contribution in [0.4, 0.5) is 10.4 Å². The number of rotatable bonds is 8. The van der Waals surface area contributed by atoms with Crippen LogP contribution in [0.25, 0.3) is 11.1 Å². The second-order valence-corrected chi connectivity index (χ2v) is 9.42. The number of hydrogen-bond acceptors (Lipinski definition) is 8. The Labute approximate surface area is 224 Å². The molecule has 1 aromatic heterocycles. The second-order valence-electron chi connectivity index (χ2n) is 9.42. The van der Waals surface area contributed by atoms with Crippen molar-refractivity contribution in [2.75, 3.05) is 25.1 Å². The summed E-state index contributed by atoms with van der Waals surface area (Å²) in [5.41, 5.74) is 2.39. The Morgan fingerprint density at radius 1 is 1.27 bits per heavy atom. The van der Waals surface area contributed by atoms with Crippen LogP contribution in [0, 0.1) is 22.7 Å². The number of anilines is 1. The van der Waals surface area contributed by atoms with Crippen LogP contribution in [0.2, 0.25) is 0 Å². The van der Waals surface area contributed by atoms with Crippen LogP contribution in [-0.2, 0) is 12.0 Å². The molecule has 1 aliphatic rings. The summed E-state index contributed by atoms with van der Waals surface area (Å²) in [6.45, 7) is 10.1. The van der Waals surface area contributed by atoms with Gasteiger partial charge in [0.05, 0.1) is 25.3 Å². The van der Waals surface area contributed by atoms with Crippen molar-refractivity contribution in [3.8, 4) is 17.7 Å². The Kier molecular flexibility index (Phi) is 8.12. The molecule has 37 heavy (non-hydrogen) atoms. The predicted octanol–water partition coefficient (Wildman–Crippen LogP) is 5.56. The molecule has 196 valence electrons. The zero-order valence-corrected chi connectivity index (χ0v) is 23.0. The lowest BCUT2D eigenvalue weighted by atomic mass is 9.85. The summed E-state index contributed by atoms with van der Waals surface area (Å²) >= 11 is 0. The number of nitriles is 1. The Bertz CT molecular complexity index is 1410. The van der Waals surface area contributed by atoms with Gasteiger partial charge in [0, 0.05) is 17.7 Å². The summed E-state index contributed by atoms with van der Waals surface area (Å²) in [4.78, 5) is 19.2. The van der Waals surface area contributed by atoms with Crippen molar-refractivity contribution in [2.24, 2.45) is 0 Å². The van der Waals surface area contributed by atoms with Crippen LogP contribution in [-0.4, -0.2) is 41.3 Å². The highest BCUT2D eigenvalue weighted by Crippen LogP contribution is 2.39. The molecule has 0 unspecified atom stereocenters. The summed E-state index contributed by atoms with van der Waals surface area (Å²) in [6, 6.07) is 5.08. The van der Waals surface area contributed by atoms with E-state index >= 15 is 4.39 Å². The molecule has 0 saturated carbocycles. The fourth-order valence-electron chi connectivity index (χ4n) is 4.28. The average molecular weight is 574 g/mol. The fraction of sp³-hybridized carbons (Fsp3) is 0.385. The molecule has 1 aliphatic heterocycles. The van der Waals surface area contributed by atoms with Gasteiger partial charge in [0.15, 0.2) is 34.9 Å². The molecular formula is C26H29BrFN5O4. The number of carbonyl (C=O) groups is 1. The summed E-state index contributed by atoms with van der Waals surface area (Å²) in [5.74, 6) is -0.741. The second kappa shape index (κ2) is 10.8. The van der Waals surface area contributed by atoms with E-state index in [0.29, 0.717) is 28.8 Å². The first-order chi connectivity index (χ1) is 17.1. The van der Waals surface area contributed by atoms with Gasteiger partial charge in [0.1, 0.15) is 11.4 Å². The SMILES string of the molecule is Br.CCOc1cc2c(c(F)c1OCC)C(=N)N(CC(=O)c1cc(C(C)(C)C)c3oc(NC#N)nc3c1)C2. The Morgan fingerprint density at radius 2 is 1.97 bits per heavy atom. The number of benzene rings is 2. The quantitative estimate of drug-likeness (QED) is 0.204. The number of nitrogens with one attached hydrogen (secondary N) is 2. The van der Waals surface area contributed by atoms with Crippen molar-refractivity contribution in [3.63, 3.8) is 0 Å². The molecule has 3 aromatic rings. The standard InChI is InChI=1S/C26H28FN5O4.BrH/c1-6-34-19-10-15-11-32(24(29)20(15)21(27)23(19)35-7-2)12-18(33)14-8-16(26(3,4)5)22-17(9-14)31-25(36-22)30-13-28;/h8-10,29H,6-7,11-12H2,1-5H3,(H,30,31);1H. The Hall–Kier alpha value is -3.65. The Morgan fingerprint density at radius 3 is 2.59 bits per heavy atom. The third kappa shape index (κ3) is 5.25. The lowest BCUT2D eigenvalue weighted by molar-refractivity contribution is 0.0962. The van der Waals surface area contributed by atoms with Crippen LogP contribution in [0.3, 0.4) is 0 Å². The molecule has 0 fully saturated rings. The van der Waals surface area contributed by atoms with Crippen LogP contribution < -0.4 is 14.8 Å². The molecule has 0 aliphatic carbocycles. The normalized spacial score (nSPS) is 12.7. The number of Topliss-reactive ketones (excluding diaryl/α,β-unsaturated/α-hetero) is 1. The molecule has 0 amide bonds.